The van der Waals surface area contributed by atoms with Gasteiger partial charge in [-0.1, -0.05) is 84.1 Å². The summed E-state index contributed by atoms with van der Waals surface area (Å²) >= 11 is 0. The Morgan fingerprint density at radius 1 is 0.925 bits per heavy atom. The van der Waals surface area contributed by atoms with Crippen molar-refractivity contribution in [3.05, 3.63) is 126 Å². The Morgan fingerprint density at radius 3 is 2.42 bits per heavy atom. The van der Waals surface area contributed by atoms with Gasteiger partial charge in [0.2, 0.25) is 11.8 Å². The summed E-state index contributed by atoms with van der Waals surface area (Å²) in [5, 5.41) is 11.2. The quantitative estimate of drug-likeness (QED) is 0.280. The zero-order valence-electron chi connectivity index (χ0n) is 21.9. The molecule has 8 nitrogen and oxygen atoms in total. The minimum atomic E-state index is -1.27. The lowest BCUT2D eigenvalue weighted by molar-refractivity contribution is -0.142. The van der Waals surface area contributed by atoms with Crippen molar-refractivity contribution in [2.45, 2.75) is 25.7 Å². The molecule has 1 unspecified atom stereocenters. The first-order valence-corrected chi connectivity index (χ1v) is 12.8. The zero-order valence-corrected chi connectivity index (χ0v) is 21.9. The highest BCUT2D eigenvalue weighted by molar-refractivity contribution is 5.89. The highest BCUT2D eigenvalue weighted by atomic mass is 19.1. The van der Waals surface area contributed by atoms with E-state index in [4.69, 9.17) is 4.74 Å². The van der Waals surface area contributed by atoms with Crippen LogP contribution in [0.4, 0.5) is 4.39 Å². The summed E-state index contributed by atoms with van der Waals surface area (Å²) < 4.78 is 22.3. The molecule has 0 aliphatic heterocycles. The largest absolute Gasteiger partial charge is 0.496 e. The monoisotopic (exact) mass is 537 g/mol. The fourth-order valence-corrected chi connectivity index (χ4v) is 4.62. The number of para-hydroxylation sites is 2. The second-order valence-corrected chi connectivity index (χ2v) is 9.20. The molecule has 1 atom stereocenters. The van der Waals surface area contributed by atoms with Crippen LogP contribution in [-0.2, 0) is 29.2 Å². The first-order chi connectivity index (χ1) is 19.5. The first kappa shape index (κ1) is 26.6. The lowest BCUT2D eigenvalue weighted by Gasteiger charge is -2.32. The van der Waals surface area contributed by atoms with E-state index in [0.717, 1.165) is 5.56 Å². The summed E-state index contributed by atoms with van der Waals surface area (Å²) in [7, 11) is 1.54. The fraction of sp³-hybridized carbons (Fsp3) is 0.161. The predicted molar refractivity (Wildman–Crippen MR) is 149 cm³/mol. The van der Waals surface area contributed by atoms with Crippen LogP contribution < -0.4 is 10.1 Å². The molecule has 0 radical (unpaired) electrons. The summed E-state index contributed by atoms with van der Waals surface area (Å²) in [6.07, 6.45) is 0. The van der Waals surface area contributed by atoms with E-state index in [0.29, 0.717) is 22.3 Å². The Hall–Kier alpha value is -5.05. The van der Waals surface area contributed by atoms with Crippen LogP contribution in [0.2, 0.25) is 0 Å². The van der Waals surface area contributed by atoms with Gasteiger partial charge in [-0.05, 0) is 29.8 Å². The van der Waals surface area contributed by atoms with Gasteiger partial charge < -0.3 is 15.0 Å². The van der Waals surface area contributed by atoms with Crippen molar-refractivity contribution in [2.75, 3.05) is 7.11 Å². The standard InChI is InChI=1S/C31H28FN5O3/c1-40-28-18-10-5-13-23(28)20-36(29(38)21-37-27-17-9-8-16-26(27)34-35-37)30(24-14-6-7-15-25(24)32)31(39)33-19-22-11-3-2-4-12-22/h2-18,30H,19-21H2,1H3,(H,33,39). The first-order valence-electron chi connectivity index (χ1n) is 12.8. The average Bonchev–Trinajstić information content (AvgIpc) is 3.40. The van der Waals surface area contributed by atoms with Crippen LogP contribution >= 0.6 is 0 Å². The topological polar surface area (TPSA) is 89.3 Å². The highest BCUT2D eigenvalue weighted by Crippen LogP contribution is 2.29. The molecule has 0 bridgehead atoms. The molecular formula is C31H28FN5O3. The molecule has 1 N–H and O–H groups in total. The van der Waals surface area contributed by atoms with Gasteiger partial charge in [0.05, 0.1) is 19.2 Å². The highest BCUT2D eigenvalue weighted by Gasteiger charge is 2.34. The predicted octanol–water partition coefficient (Wildman–Crippen LogP) is 4.67. The number of nitrogens with one attached hydrogen (secondary N) is 1. The molecule has 0 saturated carbocycles. The lowest BCUT2D eigenvalue weighted by atomic mass is 10.0. The van der Waals surface area contributed by atoms with Crippen LogP contribution in [0.15, 0.2) is 103 Å². The molecule has 202 valence electrons. The molecule has 0 fully saturated rings. The molecule has 2 amide bonds. The number of hydrogen-bond acceptors (Lipinski definition) is 5. The Bertz CT molecular complexity index is 1620. The number of benzene rings is 4. The molecule has 1 heterocycles. The molecule has 0 spiro atoms. The van der Waals surface area contributed by atoms with Crippen molar-refractivity contribution in [1.29, 1.82) is 0 Å². The van der Waals surface area contributed by atoms with E-state index in [1.807, 2.05) is 66.7 Å². The smallest absolute Gasteiger partial charge is 0.247 e. The molecule has 9 heteroatoms. The zero-order chi connectivity index (χ0) is 27.9. The van der Waals surface area contributed by atoms with E-state index in [-0.39, 0.29) is 25.2 Å². The van der Waals surface area contributed by atoms with Gasteiger partial charge in [-0.25, -0.2) is 9.07 Å². The number of ether oxygens (including phenoxy) is 1. The van der Waals surface area contributed by atoms with Gasteiger partial charge >= 0.3 is 0 Å². The molecule has 40 heavy (non-hydrogen) atoms. The van der Waals surface area contributed by atoms with Gasteiger partial charge in [0.25, 0.3) is 0 Å². The van der Waals surface area contributed by atoms with E-state index in [2.05, 4.69) is 15.6 Å². The van der Waals surface area contributed by atoms with Crippen molar-refractivity contribution < 1.29 is 18.7 Å². The minimum absolute atomic E-state index is 0.00671. The molecule has 5 rings (SSSR count). The van der Waals surface area contributed by atoms with Gasteiger partial charge in [-0.15, -0.1) is 5.10 Å². The minimum Gasteiger partial charge on any atom is -0.496 e. The molecule has 5 aromatic rings. The molecule has 0 aliphatic rings. The Morgan fingerprint density at radius 2 is 1.62 bits per heavy atom. The Kier molecular flexibility index (Phi) is 8.10. The summed E-state index contributed by atoms with van der Waals surface area (Å²) in [6, 6.07) is 28.6. The van der Waals surface area contributed by atoms with Gasteiger partial charge in [0, 0.05) is 17.7 Å². The number of hydrogen-bond donors (Lipinski definition) is 1. The number of halogens is 1. The third-order valence-electron chi connectivity index (χ3n) is 6.63. The number of amides is 2. The molecule has 0 saturated heterocycles. The normalized spacial score (nSPS) is 11.7. The Balaban J connectivity index is 1.55. The second kappa shape index (κ2) is 12.2. The van der Waals surface area contributed by atoms with Gasteiger partial charge in [-0.2, -0.15) is 0 Å². The van der Waals surface area contributed by atoms with Crippen LogP contribution in [0, 0.1) is 5.82 Å². The van der Waals surface area contributed by atoms with Gasteiger partial charge in [0.15, 0.2) is 0 Å². The van der Waals surface area contributed by atoms with E-state index in [1.165, 1.54) is 28.8 Å². The second-order valence-electron chi connectivity index (χ2n) is 9.20. The van der Waals surface area contributed by atoms with Gasteiger partial charge in [0.1, 0.15) is 29.7 Å². The number of aromatic nitrogens is 3. The van der Waals surface area contributed by atoms with Gasteiger partial charge in [-0.3, -0.25) is 9.59 Å². The van der Waals surface area contributed by atoms with E-state index < -0.39 is 23.7 Å². The molecular weight excluding hydrogens is 509 g/mol. The van der Waals surface area contributed by atoms with Crippen LogP contribution in [-0.4, -0.2) is 38.8 Å². The SMILES string of the molecule is COc1ccccc1CN(C(=O)Cn1nnc2ccccc21)C(C(=O)NCc1ccccc1)c1ccccc1F. The summed E-state index contributed by atoms with van der Waals surface area (Å²) in [6.45, 7) is 0.00877. The number of methoxy groups -OCH3 is 1. The Labute approximate surface area is 231 Å². The summed E-state index contributed by atoms with van der Waals surface area (Å²) in [4.78, 5) is 29.3. The maximum Gasteiger partial charge on any atom is 0.247 e. The maximum atomic E-state index is 15.3. The van der Waals surface area contributed by atoms with Crippen LogP contribution in [0.1, 0.15) is 22.7 Å². The van der Waals surface area contributed by atoms with Crippen molar-refractivity contribution in [1.82, 2.24) is 25.2 Å². The molecule has 1 aromatic heterocycles. The maximum absolute atomic E-state index is 15.3. The summed E-state index contributed by atoms with van der Waals surface area (Å²) in [5.74, 6) is -1.000. The van der Waals surface area contributed by atoms with Crippen molar-refractivity contribution in [3.63, 3.8) is 0 Å². The van der Waals surface area contributed by atoms with E-state index in [1.54, 1.807) is 24.3 Å². The number of nitrogens with zero attached hydrogens (tertiary/aromatic N) is 4. The number of fused-ring (bicyclic) bond motifs is 1. The van der Waals surface area contributed by atoms with E-state index in [9.17, 15) is 9.59 Å². The molecule has 4 aromatic carbocycles. The van der Waals surface area contributed by atoms with Crippen molar-refractivity contribution >= 4 is 22.8 Å². The van der Waals surface area contributed by atoms with Crippen LogP contribution in [0.3, 0.4) is 0 Å². The van der Waals surface area contributed by atoms with Crippen molar-refractivity contribution in [3.8, 4) is 5.75 Å². The summed E-state index contributed by atoms with van der Waals surface area (Å²) in [5.41, 5.74) is 2.93. The third kappa shape index (κ3) is 5.83. The van der Waals surface area contributed by atoms with E-state index >= 15 is 4.39 Å². The van der Waals surface area contributed by atoms with Crippen LogP contribution in [0.5, 0.6) is 5.75 Å². The number of carbonyl (C=O) groups is 2. The molecule has 0 aliphatic carbocycles. The third-order valence-corrected chi connectivity index (χ3v) is 6.63. The number of rotatable bonds is 10. The van der Waals surface area contributed by atoms with Crippen LogP contribution in [0.25, 0.3) is 11.0 Å². The lowest BCUT2D eigenvalue weighted by Crippen LogP contribution is -2.45. The average molecular weight is 538 g/mol. The fourth-order valence-electron chi connectivity index (χ4n) is 4.62. The number of carbonyl (C=O) groups excluding carboxylic acids is 2. The van der Waals surface area contributed by atoms with Crippen molar-refractivity contribution in [2.24, 2.45) is 0 Å².